The zero-order chi connectivity index (χ0) is 17.0. The average molecular weight is 344 g/mol. The van der Waals surface area contributed by atoms with Crippen molar-refractivity contribution in [3.8, 4) is 0 Å². The quantitative estimate of drug-likeness (QED) is 0.782. The molecule has 3 fully saturated rings. The van der Waals surface area contributed by atoms with Crippen molar-refractivity contribution in [1.82, 2.24) is 10.0 Å². The highest BCUT2D eigenvalue weighted by Crippen LogP contribution is 2.57. The van der Waals surface area contributed by atoms with Gasteiger partial charge in [0.15, 0.2) is 0 Å². The van der Waals surface area contributed by atoms with E-state index in [1.165, 1.54) is 0 Å². The molecule has 0 aromatic carbocycles. The van der Waals surface area contributed by atoms with Crippen LogP contribution in [0.2, 0.25) is 0 Å². The third-order valence-electron chi connectivity index (χ3n) is 4.53. The molecular formula is C15H24N2O5S. The Morgan fingerprint density at radius 1 is 1.13 bits per heavy atom. The molecule has 2 amide bonds. The zero-order valence-corrected chi connectivity index (χ0v) is 14.5. The summed E-state index contributed by atoms with van der Waals surface area (Å²) in [7, 11) is -3.62. The molecule has 0 bridgehead atoms. The molecule has 8 heteroatoms. The molecule has 3 aliphatic carbocycles. The molecule has 0 saturated heterocycles. The van der Waals surface area contributed by atoms with Crippen molar-refractivity contribution >= 4 is 22.0 Å². The van der Waals surface area contributed by atoms with Gasteiger partial charge in [0.2, 0.25) is 10.0 Å². The van der Waals surface area contributed by atoms with Gasteiger partial charge in [0.05, 0.1) is 5.25 Å². The summed E-state index contributed by atoms with van der Waals surface area (Å²) >= 11 is 0. The van der Waals surface area contributed by atoms with Crippen molar-refractivity contribution in [3.05, 3.63) is 0 Å². The smallest absolute Gasteiger partial charge is 0.408 e. The lowest BCUT2D eigenvalue weighted by atomic mass is 10.1. The van der Waals surface area contributed by atoms with E-state index in [4.69, 9.17) is 4.74 Å². The Labute approximate surface area is 136 Å². The van der Waals surface area contributed by atoms with Crippen LogP contribution in [0.4, 0.5) is 4.79 Å². The van der Waals surface area contributed by atoms with E-state index in [9.17, 15) is 18.0 Å². The summed E-state index contributed by atoms with van der Waals surface area (Å²) in [6.07, 6.45) is 3.00. The second-order valence-electron chi connectivity index (χ2n) is 7.92. The predicted octanol–water partition coefficient (Wildman–Crippen LogP) is 1.29. The van der Waals surface area contributed by atoms with Crippen LogP contribution in [0.15, 0.2) is 0 Å². The maximum atomic E-state index is 12.6. The highest BCUT2D eigenvalue weighted by atomic mass is 32.2. The molecule has 1 unspecified atom stereocenters. The molecule has 130 valence electrons. The molecule has 2 N–H and O–H groups in total. The highest BCUT2D eigenvalue weighted by Gasteiger charge is 2.66. The number of carbonyl (C=O) groups is 2. The van der Waals surface area contributed by atoms with Gasteiger partial charge in [-0.25, -0.2) is 13.2 Å². The van der Waals surface area contributed by atoms with Crippen molar-refractivity contribution < 1.29 is 22.7 Å². The topological polar surface area (TPSA) is 102 Å². The van der Waals surface area contributed by atoms with E-state index >= 15 is 0 Å². The molecule has 0 heterocycles. The third kappa shape index (κ3) is 3.62. The molecule has 3 saturated carbocycles. The fourth-order valence-corrected chi connectivity index (χ4v) is 4.35. The van der Waals surface area contributed by atoms with E-state index in [1.54, 1.807) is 20.8 Å². The standard InChI is InChI=1S/C15H24N2O5S/c1-14(2,3)22-13(19)16-15(8-11(15)9-4-5-9)12(18)17-23(20,21)10-6-7-10/h9-11H,4-8H2,1-3H3,(H,16,19)(H,17,18)/t11-,15?/m0/s1. The number of amides is 2. The van der Waals surface area contributed by atoms with Gasteiger partial charge in [0.25, 0.3) is 5.91 Å². The van der Waals surface area contributed by atoms with Crippen LogP contribution >= 0.6 is 0 Å². The minimum Gasteiger partial charge on any atom is -0.444 e. The number of alkyl carbamates (subject to hydrolysis) is 1. The van der Waals surface area contributed by atoms with Crippen LogP contribution in [0, 0.1) is 11.8 Å². The Hall–Kier alpha value is -1.31. The number of rotatable bonds is 5. The van der Waals surface area contributed by atoms with Gasteiger partial charge in [0, 0.05) is 0 Å². The van der Waals surface area contributed by atoms with Crippen molar-refractivity contribution in [2.75, 3.05) is 0 Å². The summed E-state index contributed by atoms with van der Waals surface area (Å²) in [5, 5.41) is 2.17. The van der Waals surface area contributed by atoms with E-state index in [2.05, 4.69) is 10.0 Å². The minimum absolute atomic E-state index is 0.00409. The molecule has 0 aromatic heterocycles. The maximum Gasteiger partial charge on any atom is 0.408 e. The Bertz CT molecular complexity index is 631. The van der Waals surface area contributed by atoms with Gasteiger partial charge in [-0.2, -0.15) is 0 Å². The number of nitrogens with one attached hydrogen (secondary N) is 2. The van der Waals surface area contributed by atoms with E-state index in [1.807, 2.05) is 0 Å². The second kappa shape index (κ2) is 5.09. The number of hydrogen-bond donors (Lipinski definition) is 2. The molecule has 0 spiro atoms. The van der Waals surface area contributed by atoms with Gasteiger partial charge in [-0.3, -0.25) is 9.52 Å². The molecule has 0 aliphatic heterocycles. The summed E-state index contributed by atoms with van der Waals surface area (Å²) < 4.78 is 31.4. The lowest BCUT2D eigenvalue weighted by Gasteiger charge is -2.24. The van der Waals surface area contributed by atoms with Crippen molar-refractivity contribution in [2.24, 2.45) is 11.8 Å². The van der Waals surface area contributed by atoms with Gasteiger partial charge >= 0.3 is 6.09 Å². The Morgan fingerprint density at radius 2 is 1.74 bits per heavy atom. The first-order valence-electron chi connectivity index (χ1n) is 8.11. The minimum atomic E-state index is -3.62. The SMILES string of the molecule is CC(C)(C)OC(=O)NC1(C(=O)NS(=O)(=O)C2CC2)C[C@H]1C1CC1. The first-order chi connectivity index (χ1) is 10.5. The van der Waals surface area contributed by atoms with Crippen molar-refractivity contribution in [3.63, 3.8) is 0 Å². The Balaban J connectivity index is 1.70. The van der Waals surface area contributed by atoms with Gasteiger partial charge in [0.1, 0.15) is 11.1 Å². The average Bonchev–Trinajstić information content (AvgIpc) is 3.16. The fourth-order valence-electron chi connectivity index (χ4n) is 2.98. The van der Waals surface area contributed by atoms with E-state index in [0.29, 0.717) is 25.2 Å². The number of sulfonamides is 1. The Morgan fingerprint density at radius 3 is 2.22 bits per heavy atom. The van der Waals surface area contributed by atoms with Crippen LogP contribution in [0.5, 0.6) is 0 Å². The molecule has 3 rings (SSSR count). The monoisotopic (exact) mass is 344 g/mol. The summed E-state index contributed by atoms with van der Waals surface area (Å²) in [6.45, 7) is 5.21. The van der Waals surface area contributed by atoms with Crippen LogP contribution in [0.3, 0.4) is 0 Å². The van der Waals surface area contributed by atoms with Gasteiger partial charge in [-0.05, 0) is 64.7 Å². The number of hydrogen-bond acceptors (Lipinski definition) is 5. The van der Waals surface area contributed by atoms with E-state index in [-0.39, 0.29) is 5.92 Å². The molecule has 0 aromatic rings. The molecule has 2 atom stereocenters. The zero-order valence-electron chi connectivity index (χ0n) is 13.7. The number of ether oxygens (including phenoxy) is 1. The van der Waals surface area contributed by atoms with Crippen LogP contribution in [0.25, 0.3) is 0 Å². The Kier molecular flexibility index (Phi) is 3.66. The highest BCUT2D eigenvalue weighted by molar-refractivity contribution is 7.90. The summed E-state index contributed by atoms with van der Waals surface area (Å²) in [6, 6.07) is 0. The fraction of sp³-hybridized carbons (Fsp3) is 0.867. The van der Waals surface area contributed by atoms with Gasteiger partial charge in [-0.1, -0.05) is 0 Å². The first kappa shape index (κ1) is 16.5. The second-order valence-corrected chi connectivity index (χ2v) is 9.88. The van der Waals surface area contributed by atoms with Gasteiger partial charge < -0.3 is 10.1 Å². The van der Waals surface area contributed by atoms with Crippen LogP contribution < -0.4 is 10.0 Å². The van der Waals surface area contributed by atoms with Crippen LogP contribution in [-0.4, -0.2) is 36.8 Å². The van der Waals surface area contributed by atoms with Crippen LogP contribution in [-0.2, 0) is 19.6 Å². The molecule has 23 heavy (non-hydrogen) atoms. The molecule has 7 nitrogen and oxygen atoms in total. The predicted molar refractivity (Wildman–Crippen MR) is 83.0 cm³/mol. The lowest BCUT2D eigenvalue weighted by molar-refractivity contribution is -0.122. The summed E-state index contributed by atoms with van der Waals surface area (Å²) in [5.74, 6) is -0.226. The van der Waals surface area contributed by atoms with Crippen molar-refractivity contribution in [1.29, 1.82) is 0 Å². The van der Waals surface area contributed by atoms with Crippen LogP contribution in [0.1, 0.15) is 52.9 Å². The maximum absolute atomic E-state index is 12.6. The lowest BCUT2D eigenvalue weighted by Crippen LogP contribution is -2.53. The summed E-state index contributed by atoms with van der Waals surface area (Å²) in [4.78, 5) is 24.6. The molecule has 3 aliphatic rings. The molecular weight excluding hydrogens is 320 g/mol. The van der Waals surface area contributed by atoms with Gasteiger partial charge in [-0.15, -0.1) is 0 Å². The normalized spacial score (nSPS) is 30.5. The largest absolute Gasteiger partial charge is 0.444 e. The first-order valence-corrected chi connectivity index (χ1v) is 9.65. The number of carbonyl (C=O) groups excluding carboxylic acids is 2. The molecule has 0 radical (unpaired) electrons. The summed E-state index contributed by atoms with van der Waals surface area (Å²) in [5.41, 5.74) is -1.81. The van der Waals surface area contributed by atoms with E-state index < -0.39 is 38.4 Å². The third-order valence-corrected chi connectivity index (χ3v) is 6.35. The van der Waals surface area contributed by atoms with E-state index in [0.717, 1.165) is 12.8 Å². The van der Waals surface area contributed by atoms with Crippen molar-refractivity contribution in [2.45, 2.75) is 69.3 Å².